The van der Waals surface area contributed by atoms with Crippen molar-refractivity contribution in [3.05, 3.63) is 21.4 Å². The molecule has 0 aliphatic heterocycles. The van der Waals surface area contributed by atoms with Gasteiger partial charge in [-0.25, -0.2) is 0 Å². The van der Waals surface area contributed by atoms with E-state index in [1.807, 2.05) is 40.7 Å². The lowest BCUT2D eigenvalue weighted by atomic mass is 10.1. The topological polar surface area (TPSA) is 57.6 Å². The molecule has 0 spiro atoms. The number of amides is 1. The van der Waals surface area contributed by atoms with Crippen molar-refractivity contribution in [2.45, 2.75) is 46.6 Å². The van der Waals surface area contributed by atoms with Gasteiger partial charge in [-0.1, -0.05) is 6.92 Å². The number of hydrogen-bond acceptors (Lipinski definition) is 3. The van der Waals surface area contributed by atoms with Crippen LogP contribution in [0.1, 0.15) is 47.8 Å². The molecule has 0 unspecified atom stereocenters. The van der Waals surface area contributed by atoms with Gasteiger partial charge in [0.05, 0.1) is 4.88 Å². The lowest BCUT2D eigenvalue weighted by Crippen LogP contribution is -2.48. The smallest absolute Gasteiger partial charge is 0.323 e. The third-order valence-electron chi connectivity index (χ3n) is 2.90. The molecule has 1 rings (SSSR count). The highest BCUT2D eigenvalue weighted by Crippen LogP contribution is 2.26. The van der Waals surface area contributed by atoms with Gasteiger partial charge in [-0.3, -0.25) is 9.59 Å². The number of carboxylic acid groups (broad SMARTS) is 1. The van der Waals surface area contributed by atoms with Crippen LogP contribution in [0.25, 0.3) is 0 Å². The largest absolute Gasteiger partial charge is 0.480 e. The quantitative estimate of drug-likeness (QED) is 0.924. The maximum absolute atomic E-state index is 12.5. The van der Waals surface area contributed by atoms with Gasteiger partial charge >= 0.3 is 5.97 Å². The van der Waals surface area contributed by atoms with Gasteiger partial charge in [0.2, 0.25) is 0 Å². The van der Waals surface area contributed by atoms with Crippen molar-refractivity contribution in [1.29, 1.82) is 0 Å². The number of carbonyl (C=O) groups is 2. The standard InChI is InChI=1S/C14H21NO3S/c1-6-10-9(2)7-11(19-10)13(18)15(8-12(16)17)14(3,4)5/h7H,6,8H2,1-5H3,(H,16,17). The summed E-state index contributed by atoms with van der Waals surface area (Å²) < 4.78 is 0. The van der Waals surface area contributed by atoms with Crippen LogP contribution in [0.2, 0.25) is 0 Å². The Kier molecular flexibility index (Phi) is 4.74. The van der Waals surface area contributed by atoms with Crippen LogP contribution >= 0.6 is 11.3 Å². The SMILES string of the molecule is CCc1sc(C(=O)N(CC(=O)O)C(C)(C)C)cc1C. The zero-order chi connectivity index (χ0) is 14.8. The fourth-order valence-electron chi connectivity index (χ4n) is 1.86. The summed E-state index contributed by atoms with van der Waals surface area (Å²) in [4.78, 5) is 26.6. The fraction of sp³-hybridized carbons (Fsp3) is 0.571. The van der Waals surface area contributed by atoms with Gasteiger partial charge in [0.1, 0.15) is 6.54 Å². The molecule has 0 atom stereocenters. The Morgan fingerprint density at radius 3 is 2.32 bits per heavy atom. The normalized spacial score (nSPS) is 11.4. The van der Waals surface area contributed by atoms with Crippen LogP contribution in [0.3, 0.4) is 0 Å². The highest BCUT2D eigenvalue weighted by molar-refractivity contribution is 7.14. The predicted octanol–water partition coefficient (Wildman–Crippen LogP) is 2.94. The van der Waals surface area contributed by atoms with Crippen molar-refractivity contribution in [2.75, 3.05) is 6.54 Å². The van der Waals surface area contributed by atoms with Crippen molar-refractivity contribution in [3.63, 3.8) is 0 Å². The Morgan fingerprint density at radius 2 is 1.95 bits per heavy atom. The molecule has 1 aromatic rings. The number of aliphatic carboxylic acids is 1. The minimum atomic E-state index is -0.993. The summed E-state index contributed by atoms with van der Waals surface area (Å²) in [6.07, 6.45) is 0.887. The number of nitrogens with zero attached hydrogens (tertiary/aromatic N) is 1. The summed E-state index contributed by atoms with van der Waals surface area (Å²) >= 11 is 1.45. The van der Waals surface area contributed by atoms with Crippen molar-refractivity contribution < 1.29 is 14.7 Å². The Balaban J connectivity index is 3.08. The third-order valence-corrected chi connectivity index (χ3v) is 4.27. The summed E-state index contributed by atoms with van der Waals surface area (Å²) in [7, 11) is 0. The second-order valence-corrected chi connectivity index (χ2v) is 6.66. The molecule has 0 aromatic carbocycles. The molecule has 0 aliphatic rings. The molecule has 0 fully saturated rings. The molecule has 0 bridgehead atoms. The molecule has 1 heterocycles. The van der Waals surface area contributed by atoms with Crippen LogP contribution in [-0.2, 0) is 11.2 Å². The first-order valence-corrected chi connectivity index (χ1v) is 7.11. The molecule has 0 saturated heterocycles. The van der Waals surface area contributed by atoms with Crippen LogP contribution < -0.4 is 0 Å². The molecule has 0 radical (unpaired) electrons. The van der Waals surface area contributed by atoms with Crippen molar-refractivity contribution in [3.8, 4) is 0 Å². The zero-order valence-electron chi connectivity index (χ0n) is 12.1. The molecule has 1 amide bonds. The first-order valence-electron chi connectivity index (χ1n) is 6.30. The van der Waals surface area contributed by atoms with E-state index in [0.29, 0.717) is 4.88 Å². The van der Waals surface area contributed by atoms with E-state index in [0.717, 1.165) is 12.0 Å². The second kappa shape index (κ2) is 5.74. The number of carbonyl (C=O) groups excluding carboxylic acids is 1. The van der Waals surface area contributed by atoms with Gasteiger partial charge in [-0.2, -0.15) is 0 Å². The number of rotatable bonds is 4. The molecule has 0 saturated carbocycles. The summed E-state index contributed by atoms with van der Waals surface area (Å²) in [5, 5.41) is 8.96. The third kappa shape index (κ3) is 3.80. The van der Waals surface area contributed by atoms with Crippen molar-refractivity contribution in [2.24, 2.45) is 0 Å². The first-order chi connectivity index (χ1) is 8.66. The molecule has 0 aliphatic carbocycles. The second-order valence-electron chi connectivity index (χ2n) is 5.53. The van der Waals surface area contributed by atoms with E-state index in [1.165, 1.54) is 21.1 Å². The van der Waals surface area contributed by atoms with Gasteiger partial charge in [-0.05, 0) is 45.7 Å². The molecule has 1 N–H and O–H groups in total. The van der Waals surface area contributed by atoms with Crippen LogP contribution in [0, 0.1) is 6.92 Å². The maximum atomic E-state index is 12.5. The van der Waals surface area contributed by atoms with E-state index in [-0.39, 0.29) is 12.5 Å². The van der Waals surface area contributed by atoms with E-state index in [1.54, 1.807) is 0 Å². The molecule has 1 aromatic heterocycles. The predicted molar refractivity (Wildman–Crippen MR) is 76.9 cm³/mol. The van der Waals surface area contributed by atoms with E-state index >= 15 is 0 Å². The van der Waals surface area contributed by atoms with E-state index in [9.17, 15) is 9.59 Å². The number of carboxylic acids is 1. The van der Waals surface area contributed by atoms with E-state index in [4.69, 9.17) is 5.11 Å². The monoisotopic (exact) mass is 283 g/mol. The van der Waals surface area contributed by atoms with E-state index in [2.05, 4.69) is 0 Å². The zero-order valence-corrected chi connectivity index (χ0v) is 12.9. The summed E-state index contributed by atoms with van der Waals surface area (Å²) in [6, 6.07) is 1.85. The fourth-order valence-corrected chi connectivity index (χ4v) is 2.92. The lowest BCUT2D eigenvalue weighted by molar-refractivity contribution is -0.138. The average Bonchev–Trinajstić information content (AvgIpc) is 2.65. The number of aryl methyl sites for hydroxylation is 2. The number of thiophene rings is 1. The van der Waals surface area contributed by atoms with Gasteiger partial charge in [-0.15, -0.1) is 11.3 Å². The Morgan fingerprint density at radius 1 is 1.37 bits per heavy atom. The molecular weight excluding hydrogens is 262 g/mol. The highest BCUT2D eigenvalue weighted by Gasteiger charge is 2.30. The summed E-state index contributed by atoms with van der Waals surface area (Å²) in [5.41, 5.74) is 0.583. The van der Waals surface area contributed by atoms with Gasteiger partial charge in [0.15, 0.2) is 0 Å². The number of hydrogen-bond donors (Lipinski definition) is 1. The summed E-state index contributed by atoms with van der Waals surface area (Å²) in [5.74, 6) is -1.20. The van der Waals surface area contributed by atoms with Crippen LogP contribution in [0.5, 0.6) is 0 Å². The van der Waals surface area contributed by atoms with Gasteiger partial charge in [0.25, 0.3) is 5.91 Å². The van der Waals surface area contributed by atoms with Crippen molar-refractivity contribution >= 4 is 23.2 Å². The summed E-state index contributed by atoms with van der Waals surface area (Å²) in [6.45, 7) is 9.27. The Labute approximate surface area is 118 Å². The molecular formula is C14H21NO3S. The average molecular weight is 283 g/mol. The van der Waals surface area contributed by atoms with Crippen molar-refractivity contribution in [1.82, 2.24) is 4.90 Å². The lowest BCUT2D eigenvalue weighted by Gasteiger charge is -2.34. The van der Waals surface area contributed by atoms with Gasteiger partial charge in [0, 0.05) is 10.4 Å². The first kappa shape index (κ1) is 15.7. The molecule has 4 nitrogen and oxygen atoms in total. The van der Waals surface area contributed by atoms with Crippen LogP contribution in [-0.4, -0.2) is 34.0 Å². The Bertz CT molecular complexity index is 485. The molecule has 19 heavy (non-hydrogen) atoms. The maximum Gasteiger partial charge on any atom is 0.323 e. The van der Waals surface area contributed by atoms with E-state index < -0.39 is 11.5 Å². The van der Waals surface area contributed by atoms with Crippen LogP contribution in [0.4, 0.5) is 0 Å². The molecule has 5 heteroatoms. The van der Waals surface area contributed by atoms with Crippen LogP contribution in [0.15, 0.2) is 6.07 Å². The minimum Gasteiger partial charge on any atom is -0.480 e. The minimum absolute atomic E-state index is 0.206. The van der Waals surface area contributed by atoms with Gasteiger partial charge < -0.3 is 10.0 Å². The highest BCUT2D eigenvalue weighted by atomic mass is 32.1. The molecule has 106 valence electrons. The Hall–Kier alpha value is -1.36.